The normalized spacial score (nSPS) is 11.5. The molecule has 0 aromatic carbocycles. The van der Waals surface area contributed by atoms with Crippen LogP contribution in [0, 0.1) is 0 Å². The average Bonchev–Trinajstić information content (AvgIpc) is 2.58. The van der Waals surface area contributed by atoms with Crippen molar-refractivity contribution in [1.82, 2.24) is 14.6 Å². The Morgan fingerprint density at radius 2 is 2.46 bits per heavy atom. The summed E-state index contributed by atoms with van der Waals surface area (Å²) < 4.78 is 1.77. The number of aromatic nitrogens is 3. The number of fused-ring (bicyclic) bond motifs is 1. The van der Waals surface area contributed by atoms with Crippen LogP contribution in [-0.4, -0.2) is 21.1 Å². The van der Waals surface area contributed by atoms with Gasteiger partial charge in [-0.25, -0.2) is 9.50 Å². The number of nitrogens with zero attached hydrogens (tertiary/aromatic N) is 3. The van der Waals surface area contributed by atoms with Gasteiger partial charge in [0.2, 0.25) is 0 Å². The maximum Gasteiger partial charge on any atom is 0.154 e. The summed E-state index contributed by atoms with van der Waals surface area (Å²) in [5.41, 5.74) is 7.14. The smallest absolute Gasteiger partial charge is 0.154 e. The highest BCUT2D eigenvalue weighted by atomic mass is 15.2. The maximum atomic E-state index is 5.35. The van der Waals surface area contributed by atoms with Crippen molar-refractivity contribution in [1.29, 1.82) is 0 Å². The van der Waals surface area contributed by atoms with Crippen LogP contribution in [0.5, 0.6) is 0 Å². The lowest BCUT2D eigenvalue weighted by atomic mass is 10.4. The van der Waals surface area contributed by atoms with Crippen molar-refractivity contribution in [2.45, 2.75) is 0 Å². The number of nitrogens with two attached hydrogens (primary N) is 1. The molecule has 4 nitrogen and oxygen atoms in total. The lowest BCUT2D eigenvalue weighted by Crippen LogP contribution is -1.94. The van der Waals surface area contributed by atoms with Gasteiger partial charge in [-0.2, -0.15) is 5.10 Å². The molecule has 2 N–H and O–H groups in total. The molecule has 0 bridgehead atoms. The molecule has 0 aliphatic heterocycles. The molecular formula is C9H10N4. The highest BCUT2D eigenvalue weighted by molar-refractivity contribution is 5.50. The van der Waals surface area contributed by atoms with Crippen molar-refractivity contribution >= 4 is 11.7 Å². The fraction of sp³-hybridized carbons (Fsp3) is 0.111. The van der Waals surface area contributed by atoms with E-state index in [0.29, 0.717) is 6.54 Å². The number of hydrogen-bond donors (Lipinski definition) is 1. The maximum absolute atomic E-state index is 5.35. The molecule has 0 radical (unpaired) electrons. The molecule has 0 saturated carbocycles. The van der Waals surface area contributed by atoms with Gasteiger partial charge in [0.05, 0.1) is 11.9 Å². The Hall–Kier alpha value is -1.68. The van der Waals surface area contributed by atoms with E-state index in [-0.39, 0.29) is 0 Å². The van der Waals surface area contributed by atoms with E-state index in [4.69, 9.17) is 5.73 Å². The molecule has 0 amide bonds. The predicted molar refractivity (Wildman–Crippen MR) is 51.1 cm³/mol. The summed E-state index contributed by atoms with van der Waals surface area (Å²) in [5.74, 6) is 0. The quantitative estimate of drug-likeness (QED) is 0.729. The zero-order valence-electron chi connectivity index (χ0n) is 7.09. The second kappa shape index (κ2) is 3.37. The largest absolute Gasteiger partial charge is 0.327 e. The first-order chi connectivity index (χ1) is 6.42. The Labute approximate surface area is 75.7 Å². The van der Waals surface area contributed by atoms with Crippen LogP contribution in [0.2, 0.25) is 0 Å². The fourth-order valence-corrected chi connectivity index (χ4v) is 1.15. The van der Waals surface area contributed by atoms with E-state index in [0.717, 1.165) is 11.3 Å². The van der Waals surface area contributed by atoms with Crippen LogP contribution < -0.4 is 5.73 Å². The van der Waals surface area contributed by atoms with Crippen LogP contribution in [0.25, 0.3) is 11.7 Å². The summed E-state index contributed by atoms with van der Waals surface area (Å²) >= 11 is 0. The van der Waals surface area contributed by atoms with E-state index in [1.165, 1.54) is 0 Å². The van der Waals surface area contributed by atoms with Gasteiger partial charge in [0.25, 0.3) is 0 Å². The van der Waals surface area contributed by atoms with Gasteiger partial charge in [0, 0.05) is 12.7 Å². The van der Waals surface area contributed by atoms with Crippen molar-refractivity contribution in [3.63, 3.8) is 0 Å². The molecule has 0 saturated heterocycles. The molecule has 2 rings (SSSR count). The zero-order chi connectivity index (χ0) is 9.10. The first-order valence-electron chi connectivity index (χ1n) is 4.07. The zero-order valence-corrected chi connectivity index (χ0v) is 7.09. The summed E-state index contributed by atoms with van der Waals surface area (Å²) in [6.45, 7) is 0.528. The summed E-state index contributed by atoms with van der Waals surface area (Å²) in [6, 6.07) is 3.77. The summed E-state index contributed by atoms with van der Waals surface area (Å²) in [5, 5.41) is 4.16. The Kier molecular flexibility index (Phi) is 2.06. The Morgan fingerprint density at radius 1 is 1.54 bits per heavy atom. The van der Waals surface area contributed by atoms with Crippen LogP contribution in [0.4, 0.5) is 0 Å². The number of imidazole rings is 1. The fourth-order valence-electron chi connectivity index (χ4n) is 1.15. The summed E-state index contributed by atoms with van der Waals surface area (Å²) in [4.78, 5) is 4.18. The average molecular weight is 174 g/mol. The summed E-state index contributed by atoms with van der Waals surface area (Å²) in [7, 11) is 0. The van der Waals surface area contributed by atoms with Gasteiger partial charge >= 0.3 is 0 Å². The molecule has 0 aliphatic carbocycles. The molecule has 0 fully saturated rings. The summed E-state index contributed by atoms with van der Waals surface area (Å²) in [6.07, 6.45) is 7.29. The number of rotatable bonds is 2. The lowest BCUT2D eigenvalue weighted by molar-refractivity contribution is 0.925. The Balaban J connectivity index is 2.52. The molecule has 0 spiro atoms. The lowest BCUT2D eigenvalue weighted by Gasteiger charge is -1.92. The minimum Gasteiger partial charge on any atom is -0.327 e. The van der Waals surface area contributed by atoms with E-state index < -0.39 is 0 Å². The first kappa shape index (κ1) is 7.94. The van der Waals surface area contributed by atoms with Crippen LogP contribution in [0.15, 0.2) is 30.6 Å². The minimum atomic E-state index is 0.528. The molecule has 4 heteroatoms. The van der Waals surface area contributed by atoms with Gasteiger partial charge in [0.1, 0.15) is 0 Å². The molecule has 13 heavy (non-hydrogen) atoms. The van der Waals surface area contributed by atoms with Gasteiger partial charge in [0.15, 0.2) is 5.65 Å². The topological polar surface area (TPSA) is 56.2 Å². The van der Waals surface area contributed by atoms with Gasteiger partial charge < -0.3 is 5.73 Å². The number of hydrogen-bond acceptors (Lipinski definition) is 3. The van der Waals surface area contributed by atoms with Gasteiger partial charge in [-0.05, 0) is 18.2 Å². The van der Waals surface area contributed by atoms with Gasteiger partial charge in [-0.1, -0.05) is 6.08 Å². The minimum absolute atomic E-state index is 0.528. The van der Waals surface area contributed by atoms with Crippen molar-refractivity contribution in [2.24, 2.45) is 5.73 Å². The van der Waals surface area contributed by atoms with Gasteiger partial charge in [-0.15, -0.1) is 0 Å². The predicted octanol–water partition coefficient (Wildman–Crippen LogP) is 0.701. The molecule has 0 unspecified atom stereocenters. The molecule has 66 valence electrons. The Morgan fingerprint density at radius 3 is 3.31 bits per heavy atom. The molecule has 2 heterocycles. The van der Waals surface area contributed by atoms with E-state index in [1.807, 2.05) is 24.3 Å². The second-order valence-corrected chi connectivity index (χ2v) is 2.61. The monoisotopic (exact) mass is 174 g/mol. The SMILES string of the molecule is NC/C=C/c1cnc2cccnn12. The highest BCUT2D eigenvalue weighted by Gasteiger charge is 1.97. The first-order valence-corrected chi connectivity index (χ1v) is 4.07. The molecule has 0 atom stereocenters. The third-order valence-corrected chi connectivity index (χ3v) is 1.73. The third-order valence-electron chi connectivity index (χ3n) is 1.73. The van der Waals surface area contributed by atoms with E-state index in [2.05, 4.69) is 10.1 Å². The van der Waals surface area contributed by atoms with Crippen LogP contribution in [0.1, 0.15) is 5.69 Å². The van der Waals surface area contributed by atoms with Gasteiger partial charge in [-0.3, -0.25) is 0 Å². The standard InChI is InChI=1S/C9H10N4/c10-5-1-3-8-7-11-9-4-2-6-12-13(8)9/h1-4,6-7H,5,10H2/b3-1+. The third kappa shape index (κ3) is 1.43. The second-order valence-electron chi connectivity index (χ2n) is 2.61. The van der Waals surface area contributed by atoms with E-state index in [9.17, 15) is 0 Å². The van der Waals surface area contributed by atoms with E-state index >= 15 is 0 Å². The molecular weight excluding hydrogens is 164 g/mol. The van der Waals surface area contributed by atoms with Crippen LogP contribution in [0.3, 0.4) is 0 Å². The highest BCUT2D eigenvalue weighted by Crippen LogP contribution is 2.04. The Bertz CT molecular complexity index is 430. The van der Waals surface area contributed by atoms with Crippen molar-refractivity contribution in [2.75, 3.05) is 6.54 Å². The van der Waals surface area contributed by atoms with Crippen LogP contribution >= 0.6 is 0 Å². The van der Waals surface area contributed by atoms with Crippen molar-refractivity contribution in [3.05, 3.63) is 36.3 Å². The van der Waals surface area contributed by atoms with Crippen molar-refractivity contribution in [3.8, 4) is 0 Å². The van der Waals surface area contributed by atoms with Crippen LogP contribution in [-0.2, 0) is 0 Å². The molecule has 2 aromatic heterocycles. The molecule has 2 aromatic rings. The molecule has 0 aliphatic rings. The van der Waals surface area contributed by atoms with Crippen molar-refractivity contribution < 1.29 is 0 Å². The van der Waals surface area contributed by atoms with E-state index in [1.54, 1.807) is 16.9 Å².